The summed E-state index contributed by atoms with van der Waals surface area (Å²) in [5.41, 5.74) is 5.52. The second-order valence-electron chi connectivity index (χ2n) is 4.64. The Morgan fingerprint density at radius 3 is 2.52 bits per heavy atom. The second kappa shape index (κ2) is 6.04. The van der Waals surface area contributed by atoms with Crippen molar-refractivity contribution < 1.29 is 9.59 Å². The van der Waals surface area contributed by atoms with Crippen molar-refractivity contribution in [3.05, 3.63) is 69.6 Å². The number of hydrogen-bond acceptors (Lipinski definition) is 3. The van der Waals surface area contributed by atoms with Gasteiger partial charge < -0.3 is 15.6 Å². The Labute approximate surface area is 121 Å². The van der Waals surface area contributed by atoms with Crippen LogP contribution in [0, 0.1) is 0 Å². The summed E-state index contributed by atoms with van der Waals surface area (Å²) in [6.07, 6.45) is 1.19. The van der Waals surface area contributed by atoms with E-state index in [1.165, 1.54) is 17.2 Å². The number of aromatic nitrogens is 1. The van der Waals surface area contributed by atoms with Gasteiger partial charge in [-0.3, -0.25) is 14.4 Å². The number of carbonyl (C=O) groups excluding carboxylic acids is 2. The lowest BCUT2D eigenvalue weighted by molar-refractivity contribution is 0.0783. The fourth-order valence-corrected chi connectivity index (χ4v) is 1.92. The quantitative estimate of drug-likeness (QED) is 0.867. The lowest BCUT2D eigenvalue weighted by Crippen LogP contribution is -2.32. The van der Waals surface area contributed by atoms with Crippen molar-refractivity contribution in [1.82, 2.24) is 9.88 Å². The first-order chi connectivity index (χ1) is 9.99. The van der Waals surface area contributed by atoms with E-state index in [4.69, 9.17) is 5.73 Å². The van der Waals surface area contributed by atoms with Gasteiger partial charge in [0, 0.05) is 19.8 Å². The highest BCUT2D eigenvalue weighted by molar-refractivity contribution is 5.98. The number of carbonyl (C=O) groups is 2. The van der Waals surface area contributed by atoms with Crippen LogP contribution in [0.1, 0.15) is 26.3 Å². The molecule has 0 spiro atoms. The summed E-state index contributed by atoms with van der Waals surface area (Å²) < 4.78 is 0. The number of amides is 2. The Hall–Kier alpha value is -2.89. The van der Waals surface area contributed by atoms with Crippen LogP contribution >= 0.6 is 0 Å². The van der Waals surface area contributed by atoms with Crippen molar-refractivity contribution in [3.63, 3.8) is 0 Å². The van der Waals surface area contributed by atoms with Crippen molar-refractivity contribution in [3.8, 4) is 0 Å². The predicted molar refractivity (Wildman–Crippen MR) is 77.8 cm³/mol. The zero-order chi connectivity index (χ0) is 15.4. The molecule has 0 fully saturated rings. The zero-order valence-electron chi connectivity index (χ0n) is 11.5. The highest BCUT2D eigenvalue weighted by atomic mass is 16.2. The summed E-state index contributed by atoms with van der Waals surface area (Å²) in [4.78, 5) is 38.9. The number of nitrogens with two attached hydrogens (primary N) is 1. The Kier molecular flexibility index (Phi) is 4.18. The molecule has 0 aliphatic heterocycles. The minimum absolute atomic E-state index is 0.0889. The van der Waals surface area contributed by atoms with Crippen molar-refractivity contribution in [1.29, 1.82) is 0 Å². The first-order valence-corrected chi connectivity index (χ1v) is 6.31. The average molecular weight is 285 g/mol. The van der Waals surface area contributed by atoms with Crippen molar-refractivity contribution in [2.24, 2.45) is 5.73 Å². The lowest BCUT2D eigenvalue weighted by atomic mass is 10.1. The van der Waals surface area contributed by atoms with Crippen molar-refractivity contribution in [2.75, 3.05) is 7.05 Å². The van der Waals surface area contributed by atoms with Gasteiger partial charge in [-0.05, 0) is 11.6 Å². The van der Waals surface area contributed by atoms with Crippen LogP contribution in [-0.4, -0.2) is 28.7 Å². The standard InChI is InChI=1S/C15H15N3O3/c1-18(9-10-5-3-2-4-6-10)15(21)12-7-11(13(16)19)8-17-14(12)20/h2-8H,9H2,1H3,(H2,16,19)(H,17,20). The number of pyridine rings is 1. The molecule has 0 aliphatic carbocycles. The number of benzene rings is 1. The van der Waals surface area contributed by atoms with Gasteiger partial charge in [-0.25, -0.2) is 0 Å². The van der Waals surface area contributed by atoms with E-state index in [0.717, 1.165) is 5.56 Å². The molecule has 3 N–H and O–H groups in total. The molecule has 6 heteroatoms. The van der Waals surface area contributed by atoms with Gasteiger partial charge >= 0.3 is 0 Å². The third kappa shape index (κ3) is 3.36. The molecule has 0 atom stereocenters. The maximum absolute atomic E-state index is 12.3. The monoisotopic (exact) mass is 285 g/mol. The topological polar surface area (TPSA) is 96.3 Å². The fourth-order valence-electron chi connectivity index (χ4n) is 1.92. The van der Waals surface area contributed by atoms with Gasteiger partial charge in [0.1, 0.15) is 5.56 Å². The Bertz CT molecular complexity index is 722. The summed E-state index contributed by atoms with van der Waals surface area (Å²) in [6.45, 7) is 0.361. The number of nitrogens with one attached hydrogen (secondary N) is 1. The van der Waals surface area contributed by atoms with Gasteiger partial charge in [0.15, 0.2) is 0 Å². The van der Waals surface area contributed by atoms with Gasteiger partial charge in [0.2, 0.25) is 5.91 Å². The molecule has 0 aliphatic rings. The summed E-state index contributed by atoms with van der Waals surface area (Å²) in [6, 6.07) is 10.6. The zero-order valence-corrected chi connectivity index (χ0v) is 11.5. The smallest absolute Gasteiger partial charge is 0.260 e. The fraction of sp³-hybridized carbons (Fsp3) is 0.133. The lowest BCUT2D eigenvalue weighted by Gasteiger charge is -2.17. The Morgan fingerprint density at radius 1 is 1.24 bits per heavy atom. The molecule has 2 aromatic rings. The van der Waals surface area contributed by atoms with E-state index in [-0.39, 0.29) is 11.1 Å². The molecule has 2 amide bonds. The summed E-state index contributed by atoms with van der Waals surface area (Å²) in [7, 11) is 1.59. The normalized spacial score (nSPS) is 10.1. The van der Waals surface area contributed by atoms with Crippen LogP contribution in [-0.2, 0) is 6.54 Å². The molecule has 108 valence electrons. The van der Waals surface area contributed by atoms with Gasteiger partial charge in [-0.2, -0.15) is 0 Å². The van der Waals surface area contributed by atoms with E-state index in [0.29, 0.717) is 6.54 Å². The Morgan fingerprint density at radius 2 is 1.90 bits per heavy atom. The van der Waals surface area contributed by atoms with Crippen LogP contribution in [0.2, 0.25) is 0 Å². The molecule has 1 aromatic carbocycles. The minimum Gasteiger partial charge on any atom is -0.366 e. The molecule has 2 rings (SSSR count). The van der Waals surface area contributed by atoms with Crippen molar-refractivity contribution in [2.45, 2.75) is 6.54 Å². The predicted octanol–water partition coefficient (Wildman–Crippen LogP) is 0.746. The minimum atomic E-state index is -0.703. The summed E-state index contributed by atoms with van der Waals surface area (Å²) in [5.74, 6) is -1.17. The average Bonchev–Trinajstić information content (AvgIpc) is 2.47. The van der Waals surface area contributed by atoms with Crippen LogP contribution in [0.15, 0.2) is 47.4 Å². The van der Waals surface area contributed by atoms with Crippen LogP contribution in [0.25, 0.3) is 0 Å². The van der Waals surface area contributed by atoms with Crippen LogP contribution in [0.3, 0.4) is 0 Å². The number of H-pyrrole nitrogens is 1. The molecule has 6 nitrogen and oxygen atoms in total. The molecule has 0 saturated heterocycles. The molecule has 0 unspecified atom stereocenters. The molecule has 1 aromatic heterocycles. The van der Waals surface area contributed by atoms with Gasteiger partial charge in [-0.15, -0.1) is 0 Å². The molecule has 0 radical (unpaired) electrons. The third-order valence-electron chi connectivity index (χ3n) is 3.03. The SMILES string of the molecule is CN(Cc1ccccc1)C(=O)c1cc(C(N)=O)c[nH]c1=O. The van der Waals surface area contributed by atoms with Gasteiger partial charge in [0.25, 0.3) is 11.5 Å². The number of rotatable bonds is 4. The number of hydrogen-bond donors (Lipinski definition) is 2. The maximum atomic E-state index is 12.3. The van der Waals surface area contributed by atoms with Crippen molar-refractivity contribution >= 4 is 11.8 Å². The van der Waals surface area contributed by atoms with Crippen LogP contribution < -0.4 is 11.3 Å². The van der Waals surface area contributed by atoms with E-state index < -0.39 is 17.4 Å². The van der Waals surface area contributed by atoms with Gasteiger partial charge in [-0.1, -0.05) is 30.3 Å². The van der Waals surface area contributed by atoms with Gasteiger partial charge in [0.05, 0.1) is 5.56 Å². The number of aromatic amines is 1. The molecular formula is C15H15N3O3. The Balaban J connectivity index is 2.25. The molecule has 0 bridgehead atoms. The van der Waals surface area contributed by atoms with Crippen LogP contribution in [0.4, 0.5) is 0 Å². The number of primary amides is 1. The molecule has 0 saturated carbocycles. The second-order valence-corrected chi connectivity index (χ2v) is 4.64. The highest BCUT2D eigenvalue weighted by Gasteiger charge is 2.17. The van der Waals surface area contributed by atoms with E-state index in [1.54, 1.807) is 7.05 Å². The third-order valence-corrected chi connectivity index (χ3v) is 3.03. The van der Waals surface area contributed by atoms with E-state index in [2.05, 4.69) is 4.98 Å². The molecule has 21 heavy (non-hydrogen) atoms. The maximum Gasteiger partial charge on any atom is 0.260 e. The van der Waals surface area contributed by atoms with E-state index in [1.807, 2.05) is 30.3 Å². The highest BCUT2D eigenvalue weighted by Crippen LogP contribution is 2.07. The summed E-state index contributed by atoms with van der Waals surface area (Å²) in [5, 5.41) is 0. The van der Waals surface area contributed by atoms with E-state index >= 15 is 0 Å². The molecule has 1 heterocycles. The first kappa shape index (κ1) is 14.5. The number of nitrogens with zero attached hydrogens (tertiary/aromatic N) is 1. The summed E-state index contributed by atoms with van der Waals surface area (Å²) >= 11 is 0. The molecular weight excluding hydrogens is 270 g/mol. The van der Waals surface area contributed by atoms with Crippen LogP contribution in [0.5, 0.6) is 0 Å². The largest absolute Gasteiger partial charge is 0.366 e. The van der Waals surface area contributed by atoms with E-state index in [9.17, 15) is 14.4 Å². The first-order valence-electron chi connectivity index (χ1n) is 6.31.